The van der Waals surface area contributed by atoms with Crippen molar-refractivity contribution in [3.63, 3.8) is 0 Å². The Morgan fingerprint density at radius 3 is 2.60 bits per heavy atom. The van der Waals surface area contributed by atoms with Gasteiger partial charge in [0.15, 0.2) is 5.69 Å². The molecule has 0 spiro atoms. The van der Waals surface area contributed by atoms with E-state index in [-0.39, 0.29) is 11.1 Å². The van der Waals surface area contributed by atoms with Crippen molar-refractivity contribution in [2.24, 2.45) is 5.41 Å². The lowest BCUT2D eigenvalue weighted by atomic mass is 10.1. The normalized spacial score (nSPS) is 22.5. The number of aromatic carboxylic acids is 1. The number of hydrogen-bond acceptors (Lipinski definition) is 3. The summed E-state index contributed by atoms with van der Waals surface area (Å²) >= 11 is 0. The highest BCUT2D eigenvalue weighted by molar-refractivity contribution is 5.85. The first-order valence-electron chi connectivity index (χ1n) is 4.99. The third-order valence-corrected chi connectivity index (χ3v) is 2.92. The molecule has 1 atom stereocenters. The van der Waals surface area contributed by atoms with Crippen LogP contribution in [0.2, 0.25) is 0 Å². The van der Waals surface area contributed by atoms with E-state index >= 15 is 0 Å². The van der Waals surface area contributed by atoms with Crippen LogP contribution < -0.4 is 0 Å². The molecule has 1 saturated carbocycles. The molecule has 1 unspecified atom stereocenters. The van der Waals surface area contributed by atoms with Gasteiger partial charge in [0.25, 0.3) is 0 Å². The van der Waals surface area contributed by atoms with E-state index in [1.165, 1.54) is 6.07 Å². The highest BCUT2D eigenvalue weighted by Crippen LogP contribution is 2.57. The zero-order valence-electron chi connectivity index (χ0n) is 9.11. The Morgan fingerprint density at radius 1 is 1.53 bits per heavy atom. The summed E-state index contributed by atoms with van der Waals surface area (Å²) < 4.78 is 0. The number of rotatable bonds is 2. The summed E-state index contributed by atoms with van der Waals surface area (Å²) in [7, 11) is 0. The first-order valence-corrected chi connectivity index (χ1v) is 4.99. The molecule has 1 aromatic heterocycles. The van der Waals surface area contributed by atoms with Gasteiger partial charge in [-0.1, -0.05) is 13.8 Å². The fraction of sp³-hybridized carbons (Fsp3) is 0.545. The van der Waals surface area contributed by atoms with Crippen molar-refractivity contribution in [1.29, 1.82) is 0 Å². The predicted octanol–water partition coefficient (Wildman–Crippen LogP) is 2.00. The van der Waals surface area contributed by atoms with Crippen molar-refractivity contribution in [2.45, 2.75) is 33.1 Å². The van der Waals surface area contributed by atoms with Gasteiger partial charge in [0.2, 0.25) is 0 Å². The molecule has 0 saturated heterocycles. The molecule has 1 heterocycles. The summed E-state index contributed by atoms with van der Waals surface area (Å²) in [6.07, 6.45) is 1.04. The molecule has 1 aliphatic carbocycles. The Hall–Kier alpha value is -1.45. The summed E-state index contributed by atoms with van der Waals surface area (Å²) in [4.78, 5) is 19.2. The summed E-state index contributed by atoms with van der Waals surface area (Å²) in [5.74, 6) is 0.00751. The van der Waals surface area contributed by atoms with Crippen molar-refractivity contribution in [1.82, 2.24) is 9.97 Å². The summed E-state index contributed by atoms with van der Waals surface area (Å²) in [5, 5.41) is 8.88. The summed E-state index contributed by atoms with van der Waals surface area (Å²) in [6.45, 7) is 6.08. The number of aryl methyl sites for hydroxylation is 1. The standard InChI is InChI=1S/C11H14N2O2/c1-6-4-8(10(14)15)13-9(12-6)7-5-11(7,2)3/h4,7H,5H2,1-3H3,(H,14,15). The lowest BCUT2D eigenvalue weighted by Gasteiger charge is -2.04. The van der Waals surface area contributed by atoms with E-state index in [4.69, 9.17) is 5.11 Å². The number of hydrogen-bond donors (Lipinski definition) is 1. The third kappa shape index (κ3) is 1.84. The number of carboxylic acid groups (broad SMARTS) is 1. The minimum absolute atomic E-state index is 0.0974. The lowest BCUT2D eigenvalue weighted by molar-refractivity contribution is 0.0689. The van der Waals surface area contributed by atoms with Gasteiger partial charge in [0.1, 0.15) is 5.82 Å². The molecule has 1 N–H and O–H groups in total. The molecular formula is C11H14N2O2. The van der Waals surface area contributed by atoms with Crippen LogP contribution in [0.4, 0.5) is 0 Å². The Morgan fingerprint density at radius 2 is 2.13 bits per heavy atom. The predicted molar refractivity (Wildman–Crippen MR) is 54.9 cm³/mol. The minimum atomic E-state index is -0.986. The van der Waals surface area contributed by atoms with E-state index in [1.54, 1.807) is 6.92 Å². The molecule has 15 heavy (non-hydrogen) atoms. The number of nitrogens with zero attached hydrogens (tertiary/aromatic N) is 2. The van der Waals surface area contributed by atoms with Gasteiger partial charge >= 0.3 is 5.97 Å². The van der Waals surface area contributed by atoms with Crippen LogP contribution in [0.25, 0.3) is 0 Å². The highest BCUT2D eigenvalue weighted by Gasteiger charge is 2.48. The van der Waals surface area contributed by atoms with Crippen LogP contribution in [-0.2, 0) is 0 Å². The van der Waals surface area contributed by atoms with E-state index in [9.17, 15) is 4.79 Å². The molecule has 0 aliphatic heterocycles. The maximum Gasteiger partial charge on any atom is 0.354 e. The minimum Gasteiger partial charge on any atom is -0.477 e. The quantitative estimate of drug-likeness (QED) is 0.803. The Labute approximate surface area is 88.4 Å². The van der Waals surface area contributed by atoms with Gasteiger partial charge in [-0.25, -0.2) is 14.8 Å². The van der Waals surface area contributed by atoms with Gasteiger partial charge in [-0.05, 0) is 24.8 Å². The Bertz CT molecular complexity index is 427. The van der Waals surface area contributed by atoms with Crippen molar-refractivity contribution in [3.05, 3.63) is 23.3 Å². The van der Waals surface area contributed by atoms with Gasteiger partial charge in [-0.3, -0.25) is 0 Å². The smallest absolute Gasteiger partial charge is 0.354 e. The molecule has 0 amide bonds. The molecule has 0 aromatic carbocycles. The first-order chi connectivity index (χ1) is 6.90. The molecule has 1 aromatic rings. The molecule has 4 nitrogen and oxygen atoms in total. The zero-order valence-corrected chi connectivity index (χ0v) is 9.11. The van der Waals surface area contributed by atoms with Crippen molar-refractivity contribution >= 4 is 5.97 Å². The van der Waals surface area contributed by atoms with Crippen LogP contribution in [0.1, 0.15) is 48.2 Å². The third-order valence-electron chi connectivity index (χ3n) is 2.92. The Kier molecular flexibility index (Phi) is 2.03. The maximum atomic E-state index is 10.8. The van der Waals surface area contributed by atoms with Gasteiger partial charge in [0, 0.05) is 11.6 Å². The summed E-state index contributed by atoms with van der Waals surface area (Å²) in [5.41, 5.74) is 1.05. The van der Waals surface area contributed by atoms with E-state index < -0.39 is 5.97 Å². The molecule has 2 rings (SSSR count). The average molecular weight is 206 g/mol. The number of carbonyl (C=O) groups is 1. The van der Waals surface area contributed by atoms with Crippen LogP contribution in [0.5, 0.6) is 0 Å². The maximum absolute atomic E-state index is 10.8. The lowest BCUT2D eigenvalue weighted by Crippen LogP contribution is -2.07. The van der Waals surface area contributed by atoms with Crippen LogP contribution in [0, 0.1) is 12.3 Å². The molecule has 4 heteroatoms. The number of carboxylic acids is 1. The van der Waals surface area contributed by atoms with E-state index in [2.05, 4.69) is 23.8 Å². The van der Waals surface area contributed by atoms with Gasteiger partial charge < -0.3 is 5.11 Å². The topological polar surface area (TPSA) is 63.1 Å². The van der Waals surface area contributed by atoms with Crippen molar-refractivity contribution in [2.75, 3.05) is 0 Å². The second-order valence-corrected chi connectivity index (χ2v) is 4.80. The van der Waals surface area contributed by atoms with E-state index in [0.717, 1.165) is 12.1 Å². The molecule has 80 valence electrons. The molecule has 1 fully saturated rings. The largest absolute Gasteiger partial charge is 0.477 e. The number of aromatic nitrogens is 2. The van der Waals surface area contributed by atoms with Crippen LogP contribution in [0.15, 0.2) is 6.07 Å². The molecule has 0 radical (unpaired) electrons. The van der Waals surface area contributed by atoms with E-state index in [0.29, 0.717) is 11.7 Å². The highest BCUT2D eigenvalue weighted by atomic mass is 16.4. The fourth-order valence-corrected chi connectivity index (χ4v) is 1.76. The van der Waals surface area contributed by atoms with Crippen molar-refractivity contribution in [3.8, 4) is 0 Å². The first kappa shape index (κ1) is 10.1. The molecule has 1 aliphatic rings. The Balaban J connectivity index is 2.37. The van der Waals surface area contributed by atoms with Gasteiger partial charge in [-0.2, -0.15) is 0 Å². The van der Waals surface area contributed by atoms with Crippen molar-refractivity contribution < 1.29 is 9.90 Å². The van der Waals surface area contributed by atoms with Crippen LogP contribution in [0.3, 0.4) is 0 Å². The van der Waals surface area contributed by atoms with Gasteiger partial charge in [-0.15, -0.1) is 0 Å². The SMILES string of the molecule is Cc1cc(C(=O)O)nc(C2CC2(C)C)n1. The second kappa shape index (κ2) is 3.02. The summed E-state index contributed by atoms with van der Waals surface area (Å²) in [6, 6.07) is 1.50. The average Bonchev–Trinajstić information content (AvgIpc) is 2.74. The fourth-order valence-electron chi connectivity index (χ4n) is 1.76. The molecule has 0 bridgehead atoms. The van der Waals surface area contributed by atoms with E-state index in [1.807, 2.05) is 0 Å². The monoisotopic (exact) mass is 206 g/mol. The zero-order chi connectivity index (χ0) is 11.2. The van der Waals surface area contributed by atoms with Crippen LogP contribution in [-0.4, -0.2) is 21.0 Å². The molecular weight excluding hydrogens is 192 g/mol. The van der Waals surface area contributed by atoms with Gasteiger partial charge in [0.05, 0.1) is 0 Å². The second-order valence-electron chi connectivity index (χ2n) is 4.80. The van der Waals surface area contributed by atoms with Crippen LogP contribution >= 0.6 is 0 Å².